The van der Waals surface area contributed by atoms with Crippen LogP contribution in [0.4, 0.5) is 11.5 Å². The Hall–Kier alpha value is -1.35. The van der Waals surface area contributed by atoms with E-state index in [1.807, 2.05) is 19.1 Å². The molecule has 7 heteroatoms. The molecule has 2 aromatic rings. The number of hydrogen-bond donors (Lipinski definition) is 2. The second kappa shape index (κ2) is 6.40. The molecule has 0 aliphatic carbocycles. The van der Waals surface area contributed by atoms with Crippen LogP contribution in [0.2, 0.25) is 0 Å². The predicted molar refractivity (Wildman–Crippen MR) is 88.4 cm³/mol. The molecule has 0 bridgehead atoms. The molecule has 0 radical (unpaired) electrons. The van der Waals surface area contributed by atoms with E-state index >= 15 is 0 Å². The van der Waals surface area contributed by atoms with Gasteiger partial charge in [-0.15, -0.1) is 0 Å². The number of hydrogen-bond acceptors (Lipinski definition) is 4. The van der Waals surface area contributed by atoms with Crippen LogP contribution in [0.5, 0.6) is 0 Å². The number of benzene rings is 1. The lowest BCUT2D eigenvalue weighted by atomic mass is 10.3. The lowest BCUT2D eigenvalue weighted by Gasteiger charge is -2.10. The minimum atomic E-state index is -3.61. The average molecular weight is 403 g/mol. The van der Waals surface area contributed by atoms with E-state index in [1.54, 1.807) is 12.1 Å². The van der Waals surface area contributed by atoms with E-state index < -0.39 is 10.0 Å². The molecule has 0 spiro atoms. The summed E-state index contributed by atoms with van der Waals surface area (Å²) in [5, 5.41) is 2.99. The smallest absolute Gasteiger partial charge is 0.262 e. The van der Waals surface area contributed by atoms with Gasteiger partial charge in [-0.3, -0.25) is 4.72 Å². The first-order valence-electron chi connectivity index (χ1n) is 6.00. The van der Waals surface area contributed by atoms with Crippen molar-refractivity contribution in [2.24, 2.45) is 0 Å². The molecule has 0 amide bonds. The zero-order valence-corrected chi connectivity index (χ0v) is 13.8. The van der Waals surface area contributed by atoms with Crippen molar-refractivity contribution in [2.75, 3.05) is 16.6 Å². The molecule has 0 aliphatic heterocycles. The topological polar surface area (TPSA) is 71.1 Å². The number of anilines is 2. The molecule has 1 heterocycles. The molecule has 5 nitrogen and oxygen atoms in total. The molecule has 0 aliphatic rings. The summed E-state index contributed by atoms with van der Waals surface area (Å²) in [4.78, 5) is 4.25. The largest absolute Gasteiger partial charge is 0.370 e. The lowest BCUT2D eigenvalue weighted by molar-refractivity contribution is 0.601. The summed E-state index contributed by atoms with van der Waals surface area (Å²) in [6.45, 7) is 2.61. The van der Waals surface area contributed by atoms with E-state index in [9.17, 15) is 8.42 Å². The number of nitrogens with zero attached hydrogens (tertiary/aromatic N) is 1. The Morgan fingerprint density at radius 1 is 1.25 bits per heavy atom. The van der Waals surface area contributed by atoms with Crippen molar-refractivity contribution in [3.05, 3.63) is 46.2 Å². The number of halogens is 1. The van der Waals surface area contributed by atoms with Crippen molar-refractivity contribution in [2.45, 2.75) is 11.8 Å². The molecule has 2 rings (SSSR count). The van der Waals surface area contributed by atoms with Gasteiger partial charge in [0, 0.05) is 22.4 Å². The highest BCUT2D eigenvalue weighted by Crippen LogP contribution is 2.22. The van der Waals surface area contributed by atoms with E-state index in [0.717, 1.165) is 3.57 Å². The SMILES string of the molecule is CCNc1cc(S(=O)(=O)Nc2ccccc2I)ccn1. The standard InChI is InChI=1S/C13H14IN3O2S/c1-2-15-13-9-10(7-8-16-13)20(18,19)17-12-6-4-3-5-11(12)14/h3-9,17H,2H2,1H3,(H,15,16). The van der Waals surface area contributed by atoms with Crippen molar-refractivity contribution in [1.82, 2.24) is 4.98 Å². The summed E-state index contributed by atoms with van der Waals surface area (Å²) in [5.74, 6) is 0.540. The molecule has 106 valence electrons. The molecular formula is C13H14IN3O2S. The maximum atomic E-state index is 12.3. The minimum absolute atomic E-state index is 0.183. The van der Waals surface area contributed by atoms with Crippen LogP contribution < -0.4 is 10.0 Å². The van der Waals surface area contributed by atoms with Gasteiger partial charge in [-0.2, -0.15) is 0 Å². The number of sulfonamides is 1. The predicted octanol–water partition coefficient (Wildman–Crippen LogP) is 2.92. The van der Waals surface area contributed by atoms with E-state index in [0.29, 0.717) is 18.1 Å². The molecule has 2 N–H and O–H groups in total. The fraction of sp³-hybridized carbons (Fsp3) is 0.154. The molecule has 0 atom stereocenters. The molecule has 0 saturated heterocycles. The Morgan fingerprint density at radius 2 is 2.00 bits per heavy atom. The number of aromatic nitrogens is 1. The van der Waals surface area contributed by atoms with Crippen LogP contribution in [0.3, 0.4) is 0 Å². The van der Waals surface area contributed by atoms with Gasteiger partial charge in [-0.1, -0.05) is 12.1 Å². The van der Waals surface area contributed by atoms with E-state index in [-0.39, 0.29) is 4.90 Å². The Labute approximate surface area is 132 Å². The van der Waals surface area contributed by atoms with Crippen LogP contribution in [0.15, 0.2) is 47.5 Å². The summed E-state index contributed by atoms with van der Waals surface area (Å²) < 4.78 is 28.1. The number of pyridine rings is 1. The molecule has 0 fully saturated rings. The van der Waals surface area contributed by atoms with E-state index in [1.165, 1.54) is 18.3 Å². The number of nitrogens with one attached hydrogen (secondary N) is 2. The third-order valence-electron chi connectivity index (χ3n) is 2.52. The third-order valence-corrected chi connectivity index (χ3v) is 4.82. The van der Waals surface area contributed by atoms with Crippen LogP contribution in [-0.2, 0) is 10.0 Å². The van der Waals surface area contributed by atoms with Gasteiger partial charge >= 0.3 is 0 Å². The van der Waals surface area contributed by atoms with Crippen LogP contribution in [0.25, 0.3) is 0 Å². The maximum absolute atomic E-state index is 12.3. The first-order valence-corrected chi connectivity index (χ1v) is 8.56. The molecule has 0 unspecified atom stereocenters. The minimum Gasteiger partial charge on any atom is -0.370 e. The lowest BCUT2D eigenvalue weighted by Crippen LogP contribution is -2.14. The number of rotatable bonds is 5. The Kier molecular flexibility index (Phi) is 4.81. The average Bonchev–Trinajstić information content (AvgIpc) is 2.42. The number of para-hydroxylation sites is 1. The molecule has 0 saturated carbocycles. The van der Waals surface area contributed by atoms with Crippen LogP contribution in [0.1, 0.15) is 6.92 Å². The summed E-state index contributed by atoms with van der Waals surface area (Å²) >= 11 is 2.09. The van der Waals surface area contributed by atoms with Crippen molar-refractivity contribution < 1.29 is 8.42 Å². The van der Waals surface area contributed by atoms with Crippen LogP contribution in [0, 0.1) is 3.57 Å². The van der Waals surface area contributed by atoms with Gasteiger partial charge in [-0.05, 0) is 47.7 Å². The van der Waals surface area contributed by atoms with Crippen molar-refractivity contribution in [1.29, 1.82) is 0 Å². The summed E-state index contributed by atoms with van der Waals surface area (Å²) in [6, 6.07) is 10.2. The highest BCUT2D eigenvalue weighted by molar-refractivity contribution is 14.1. The highest BCUT2D eigenvalue weighted by atomic mass is 127. The second-order valence-electron chi connectivity index (χ2n) is 3.99. The highest BCUT2D eigenvalue weighted by Gasteiger charge is 2.16. The van der Waals surface area contributed by atoms with Gasteiger partial charge < -0.3 is 5.32 Å². The van der Waals surface area contributed by atoms with Gasteiger partial charge in [-0.25, -0.2) is 13.4 Å². The molecule has 20 heavy (non-hydrogen) atoms. The van der Waals surface area contributed by atoms with Crippen molar-refractivity contribution in [3.8, 4) is 0 Å². The molecule has 1 aromatic carbocycles. The van der Waals surface area contributed by atoms with E-state index in [4.69, 9.17) is 0 Å². The third kappa shape index (κ3) is 3.60. The van der Waals surface area contributed by atoms with Crippen LogP contribution in [-0.4, -0.2) is 19.9 Å². The van der Waals surface area contributed by atoms with Crippen LogP contribution >= 0.6 is 22.6 Å². The second-order valence-corrected chi connectivity index (χ2v) is 6.84. The quantitative estimate of drug-likeness (QED) is 0.754. The van der Waals surface area contributed by atoms with Gasteiger partial charge in [0.25, 0.3) is 10.0 Å². The normalized spacial score (nSPS) is 11.1. The van der Waals surface area contributed by atoms with Crippen molar-refractivity contribution >= 4 is 44.1 Å². The Balaban J connectivity index is 2.31. The first-order chi connectivity index (χ1) is 9.53. The first kappa shape index (κ1) is 15.0. The Bertz CT molecular complexity index is 704. The summed E-state index contributed by atoms with van der Waals surface area (Å²) in [6.07, 6.45) is 1.47. The van der Waals surface area contributed by atoms with Gasteiger partial charge in [0.15, 0.2) is 0 Å². The van der Waals surface area contributed by atoms with Gasteiger partial charge in [0.1, 0.15) is 5.82 Å². The molecular weight excluding hydrogens is 389 g/mol. The van der Waals surface area contributed by atoms with Crippen molar-refractivity contribution in [3.63, 3.8) is 0 Å². The fourth-order valence-corrected chi connectivity index (χ4v) is 3.40. The Morgan fingerprint density at radius 3 is 2.70 bits per heavy atom. The summed E-state index contributed by atoms with van der Waals surface area (Å²) in [7, 11) is -3.61. The molecule has 1 aromatic heterocycles. The fourth-order valence-electron chi connectivity index (χ4n) is 1.60. The monoisotopic (exact) mass is 403 g/mol. The zero-order valence-electron chi connectivity index (χ0n) is 10.8. The van der Waals surface area contributed by atoms with Gasteiger partial charge in [0.05, 0.1) is 10.6 Å². The zero-order chi connectivity index (χ0) is 14.6. The maximum Gasteiger partial charge on any atom is 0.262 e. The van der Waals surface area contributed by atoms with Gasteiger partial charge in [0.2, 0.25) is 0 Å². The van der Waals surface area contributed by atoms with E-state index in [2.05, 4.69) is 37.6 Å². The summed E-state index contributed by atoms with van der Waals surface area (Å²) in [5.41, 5.74) is 0.565.